The molecule has 0 fully saturated rings. The van der Waals surface area contributed by atoms with E-state index in [2.05, 4.69) is 32.6 Å². The Bertz CT molecular complexity index is 396. The molecule has 0 spiro atoms. The quantitative estimate of drug-likeness (QED) is 0.656. The van der Waals surface area contributed by atoms with Gasteiger partial charge in [0, 0.05) is 12.0 Å². The molecule has 0 aromatic heterocycles. The molecule has 1 aromatic rings. The number of halogens is 1. The second kappa shape index (κ2) is 6.33. The minimum absolute atomic E-state index is 0.170. The molecular formula is C15H19F. The molecule has 0 heterocycles. The van der Waals surface area contributed by atoms with Crippen LogP contribution in [0.1, 0.15) is 57.1 Å². The van der Waals surface area contributed by atoms with Crippen LogP contribution in [0.4, 0.5) is 4.39 Å². The Morgan fingerprint density at radius 3 is 2.69 bits per heavy atom. The van der Waals surface area contributed by atoms with E-state index in [9.17, 15) is 4.39 Å². The molecule has 0 N–H and O–H groups in total. The Morgan fingerprint density at radius 2 is 2.06 bits per heavy atom. The third-order valence-electron chi connectivity index (χ3n) is 2.75. The fourth-order valence-corrected chi connectivity index (χ4v) is 1.56. The van der Waals surface area contributed by atoms with Crippen molar-refractivity contribution >= 4 is 0 Å². The summed E-state index contributed by atoms with van der Waals surface area (Å²) in [6, 6.07) is 4.89. The van der Waals surface area contributed by atoms with Crippen molar-refractivity contribution in [3.05, 3.63) is 35.1 Å². The maximum atomic E-state index is 13.2. The van der Waals surface area contributed by atoms with Gasteiger partial charge in [-0.15, -0.1) is 0 Å². The lowest BCUT2D eigenvalue weighted by Crippen LogP contribution is -1.96. The average molecular weight is 218 g/mol. The van der Waals surface area contributed by atoms with Gasteiger partial charge in [0.1, 0.15) is 5.82 Å². The van der Waals surface area contributed by atoms with Crippen molar-refractivity contribution in [1.82, 2.24) is 0 Å². The fourth-order valence-electron chi connectivity index (χ4n) is 1.56. The van der Waals surface area contributed by atoms with Crippen molar-refractivity contribution in [2.75, 3.05) is 0 Å². The molecule has 1 rings (SSSR count). The van der Waals surface area contributed by atoms with Crippen LogP contribution >= 0.6 is 0 Å². The van der Waals surface area contributed by atoms with Crippen molar-refractivity contribution in [3.63, 3.8) is 0 Å². The number of benzene rings is 1. The lowest BCUT2D eigenvalue weighted by atomic mass is 9.94. The van der Waals surface area contributed by atoms with E-state index < -0.39 is 0 Å². The number of rotatable bonds is 3. The Balaban J connectivity index is 3.04. The van der Waals surface area contributed by atoms with Crippen LogP contribution in [-0.4, -0.2) is 0 Å². The molecule has 0 amide bonds. The van der Waals surface area contributed by atoms with Gasteiger partial charge < -0.3 is 0 Å². The fraction of sp³-hybridized carbons (Fsp3) is 0.467. The molecule has 0 nitrogen and oxygen atoms in total. The van der Waals surface area contributed by atoms with Gasteiger partial charge in [-0.1, -0.05) is 32.6 Å². The van der Waals surface area contributed by atoms with Crippen molar-refractivity contribution in [1.29, 1.82) is 0 Å². The first-order valence-electron chi connectivity index (χ1n) is 5.97. The molecule has 1 heteroatoms. The van der Waals surface area contributed by atoms with Gasteiger partial charge in [0.2, 0.25) is 0 Å². The highest BCUT2D eigenvalue weighted by molar-refractivity contribution is 5.43. The maximum absolute atomic E-state index is 13.2. The molecule has 86 valence electrons. The zero-order valence-corrected chi connectivity index (χ0v) is 10.3. The first-order valence-corrected chi connectivity index (χ1v) is 5.97. The minimum atomic E-state index is -0.170. The van der Waals surface area contributed by atoms with E-state index in [1.165, 1.54) is 6.07 Å². The summed E-state index contributed by atoms with van der Waals surface area (Å²) in [4.78, 5) is 0. The van der Waals surface area contributed by atoms with Gasteiger partial charge in [0.15, 0.2) is 0 Å². The number of unbranched alkanes of at least 4 members (excludes halogenated alkanes) is 1. The van der Waals surface area contributed by atoms with Gasteiger partial charge >= 0.3 is 0 Å². The number of hydrogen-bond donors (Lipinski definition) is 0. The van der Waals surface area contributed by atoms with E-state index in [1.807, 2.05) is 0 Å². The van der Waals surface area contributed by atoms with Crippen LogP contribution in [0, 0.1) is 17.7 Å². The highest BCUT2D eigenvalue weighted by Crippen LogP contribution is 2.23. The third kappa shape index (κ3) is 3.38. The van der Waals surface area contributed by atoms with Crippen molar-refractivity contribution in [2.45, 2.75) is 46.0 Å². The normalized spacial score (nSPS) is 11.8. The standard InChI is InChI=1S/C15H19F/c1-4-6-7-8-13-9-10-14(16)11-15(13)12(3)5-2/h9-12H,4-6H2,1-3H3. The van der Waals surface area contributed by atoms with Gasteiger partial charge in [0.05, 0.1) is 0 Å². The zero-order valence-electron chi connectivity index (χ0n) is 10.3. The molecule has 0 saturated heterocycles. The van der Waals surface area contributed by atoms with Crippen molar-refractivity contribution < 1.29 is 4.39 Å². The van der Waals surface area contributed by atoms with Crippen LogP contribution in [0.15, 0.2) is 18.2 Å². The van der Waals surface area contributed by atoms with Crippen molar-refractivity contribution in [3.8, 4) is 11.8 Å². The first kappa shape index (κ1) is 12.8. The lowest BCUT2D eigenvalue weighted by molar-refractivity contribution is 0.619. The summed E-state index contributed by atoms with van der Waals surface area (Å²) in [5.41, 5.74) is 2.01. The van der Waals surface area contributed by atoms with E-state index in [0.717, 1.165) is 30.4 Å². The molecule has 0 saturated carbocycles. The lowest BCUT2D eigenvalue weighted by Gasteiger charge is -2.11. The average Bonchev–Trinajstić information content (AvgIpc) is 2.30. The molecule has 0 bridgehead atoms. The maximum Gasteiger partial charge on any atom is 0.123 e. The van der Waals surface area contributed by atoms with Gasteiger partial charge in [-0.25, -0.2) is 4.39 Å². The van der Waals surface area contributed by atoms with Crippen LogP contribution in [0.2, 0.25) is 0 Å². The Labute approximate surface area is 97.9 Å². The molecule has 16 heavy (non-hydrogen) atoms. The molecule has 1 unspecified atom stereocenters. The van der Waals surface area contributed by atoms with E-state index >= 15 is 0 Å². The summed E-state index contributed by atoms with van der Waals surface area (Å²) in [7, 11) is 0. The predicted molar refractivity (Wildman–Crippen MR) is 66.9 cm³/mol. The second-order valence-corrected chi connectivity index (χ2v) is 4.09. The summed E-state index contributed by atoms with van der Waals surface area (Å²) in [5, 5.41) is 0. The van der Waals surface area contributed by atoms with E-state index in [0.29, 0.717) is 5.92 Å². The molecule has 0 aliphatic carbocycles. The molecule has 1 atom stereocenters. The predicted octanol–water partition coefficient (Wildman–Crippen LogP) is 4.49. The molecular weight excluding hydrogens is 199 g/mol. The van der Waals surface area contributed by atoms with E-state index in [-0.39, 0.29) is 5.82 Å². The minimum Gasteiger partial charge on any atom is -0.207 e. The third-order valence-corrected chi connectivity index (χ3v) is 2.75. The first-order chi connectivity index (χ1) is 7.69. The van der Waals surface area contributed by atoms with Gasteiger partial charge in [-0.05, 0) is 42.5 Å². The monoisotopic (exact) mass is 218 g/mol. The summed E-state index contributed by atoms with van der Waals surface area (Å²) in [5.74, 6) is 6.45. The van der Waals surface area contributed by atoms with Gasteiger partial charge in [-0.2, -0.15) is 0 Å². The van der Waals surface area contributed by atoms with Crippen LogP contribution in [0.3, 0.4) is 0 Å². The topological polar surface area (TPSA) is 0 Å². The van der Waals surface area contributed by atoms with E-state index in [4.69, 9.17) is 0 Å². The summed E-state index contributed by atoms with van der Waals surface area (Å²) in [6.07, 6.45) is 2.97. The van der Waals surface area contributed by atoms with Crippen LogP contribution < -0.4 is 0 Å². The molecule has 1 aromatic carbocycles. The summed E-state index contributed by atoms with van der Waals surface area (Å²) >= 11 is 0. The Morgan fingerprint density at radius 1 is 1.31 bits per heavy atom. The van der Waals surface area contributed by atoms with Gasteiger partial charge in [-0.3, -0.25) is 0 Å². The largest absolute Gasteiger partial charge is 0.207 e. The van der Waals surface area contributed by atoms with Crippen molar-refractivity contribution in [2.24, 2.45) is 0 Å². The number of hydrogen-bond acceptors (Lipinski definition) is 0. The smallest absolute Gasteiger partial charge is 0.123 e. The highest BCUT2D eigenvalue weighted by atomic mass is 19.1. The summed E-state index contributed by atoms with van der Waals surface area (Å²) in [6.45, 7) is 6.33. The van der Waals surface area contributed by atoms with Crippen LogP contribution in [0.25, 0.3) is 0 Å². The molecule has 0 radical (unpaired) electrons. The van der Waals surface area contributed by atoms with Crippen LogP contribution in [-0.2, 0) is 0 Å². The van der Waals surface area contributed by atoms with E-state index in [1.54, 1.807) is 12.1 Å². The molecule has 0 aliphatic rings. The second-order valence-electron chi connectivity index (χ2n) is 4.09. The zero-order chi connectivity index (χ0) is 12.0. The van der Waals surface area contributed by atoms with Crippen LogP contribution in [0.5, 0.6) is 0 Å². The highest BCUT2D eigenvalue weighted by Gasteiger charge is 2.08. The molecule has 0 aliphatic heterocycles. The Hall–Kier alpha value is -1.29. The summed E-state index contributed by atoms with van der Waals surface area (Å²) < 4.78 is 13.2. The SMILES string of the molecule is CCCC#Cc1ccc(F)cc1C(C)CC. The van der Waals surface area contributed by atoms with Gasteiger partial charge in [0.25, 0.3) is 0 Å². The Kier molecular flexibility index (Phi) is 5.05.